The molecule has 0 aromatic heterocycles. The number of nitrogens with two attached hydrogens (primary N) is 1. The Bertz CT molecular complexity index is 998. The molecule has 1 heterocycles. The third-order valence-corrected chi connectivity index (χ3v) is 8.14. The van der Waals surface area contributed by atoms with Crippen LogP contribution in [0.3, 0.4) is 0 Å². The van der Waals surface area contributed by atoms with Gasteiger partial charge in [0.15, 0.2) is 5.78 Å². The van der Waals surface area contributed by atoms with Crippen molar-refractivity contribution in [2.45, 2.75) is 130 Å². The average Bonchev–Trinajstić information content (AvgIpc) is 3.61. The van der Waals surface area contributed by atoms with E-state index >= 15 is 0 Å². The van der Waals surface area contributed by atoms with Gasteiger partial charge in [0.2, 0.25) is 17.6 Å². The van der Waals surface area contributed by atoms with Crippen molar-refractivity contribution in [2.75, 3.05) is 6.54 Å². The highest BCUT2D eigenvalue weighted by molar-refractivity contribution is 6.37. The Labute approximate surface area is 250 Å². The van der Waals surface area contributed by atoms with E-state index in [2.05, 4.69) is 29.8 Å². The molecule has 3 fully saturated rings. The molecule has 4 atom stereocenters. The van der Waals surface area contributed by atoms with Crippen molar-refractivity contribution in [3.8, 4) is 0 Å². The summed E-state index contributed by atoms with van der Waals surface area (Å²) < 4.78 is 0. The van der Waals surface area contributed by atoms with E-state index in [1.54, 1.807) is 0 Å². The van der Waals surface area contributed by atoms with Crippen molar-refractivity contribution in [1.29, 1.82) is 0 Å². The van der Waals surface area contributed by atoms with Crippen molar-refractivity contribution < 1.29 is 28.8 Å². The van der Waals surface area contributed by atoms with Gasteiger partial charge in [0.25, 0.3) is 5.91 Å². The smallest absolute Gasteiger partial charge is 0.316 e. The maximum atomic E-state index is 13.8. The molecule has 0 spiro atoms. The lowest BCUT2D eigenvalue weighted by Gasteiger charge is -2.36. The SMILES string of the molecule is CC(C)C(NC(=O)NC(C(=O)N1CCC[C@H]1C(=O)NC(CC1CCC1)C(=O)C(N)=O)C(C)(C)C)C(=O)C1CC1.CCC. The second-order valence-electron chi connectivity index (χ2n) is 13.5. The molecule has 42 heavy (non-hydrogen) atoms. The summed E-state index contributed by atoms with van der Waals surface area (Å²) in [5, 5.41) is 8.22. The van der Waals surface area contributed by atoms with Crippen LogP contribution in [-0.2, 0) is 24.0 Å². The topological polar surface area (TPSA) is 168 Å². The molecule has 3 unspecified atom stereocenters. The molecule has 0 aromatic carbocycles. The minimum atomic E-state index is -1.10. The number of nitrogens with one attached hydrogen (secondary N) is 3. The van der Waals surface area contributed by atoms with Gasteiger partial charge in [-0.1, -0.05) is 74.1 Å². The number of hydrogen-bond acceptors (Lipinski definition) is 6. The number of primary amides is 1. The van der Waals surface area contributed by atoms with E-state index in [1.807, 2.05) is 34.6 Å². The summed E-state index contributed by atoms with van der Waals surface area (Å²) in [4.78, 5) is 78.2. The van der Waals surface area contributed by atoms with E-state index in [4.69, 9.17) is 5.73 Å². The standard InChI is InChI=1S/C28H45N5O6.C3H8/c1-15(2)20(21(34)17-11-12-17)31-27(39)32-23(28(3,4)5)26(38)33-13-7-10-19(33)25(37)30-18(22(35)24(29)36)14-16-8-6-9-16;1-3-2/h15-20,23H,6-14H2,1-5H3,(H2,29,36)(H,30,37)(H2,31,32,39);3H2,1-2H3/t18?,19-,20?,23?;/m0./s1. The Morgan fingerprint density at radius 1 is 0.881 bits per heavy atom. The zero-order valence-corrected chi connectivity index (χ0v) is 26.6. The number of urea groups is 1. The number of Topliss-reactive ketones (excluding diaryl/α,β-unsaturated/α-hetero) is 2. The first-order valence-corrected chi connectivity index (χ1v) is 15.7. The molecule has 1 aliphatic heterocycles. The number of ketones is 2. The highest BCUT2D eigenvalue weighted by Gasteiger charge is 2.44. The summed E-state index contributed by atoms with van der Waals surface area (Å²) in [6.07, 6.45) is 7.13. The Morgan fingerprint density at radius 3 is 1.93 bits per heavy atom. The summed E-state index contributed by atoms with van der Waals surface area (Å²) in [6.45, 7) is 13.8. The fourth-order valence-corrected chi connectivity index (χ4v) is 5.35. The Kier molecular flexibility index (Phi) is 13.0. The van der Waals surface area contributed by atoms with E-state index in [9.17, 15) is 28.8 Å². The van der Waals surface area contributed by atoms with Gasteiger partial charge in [-0.3, -0.25) is 24.0 Å². The Balaban J connectivity index is 0.00000197. The molecular formula is C31H53N5O6. The van der Waals surface area contributed by atoms with E-state index in [0.717, 1.165) is 32.1 Å². The largest absolute Gasteiger partial charge is 0.363 e. The van der Waals surface area contributed by atoms with Gasteiger partial charge in [-0.25, -0.2) is 4.79 Å². The number of carbonyl (C=O) groups excluding carboxylic acids is 6. The van der Waals surface area contributed by atoms with Gasteiger partial charge in [0.1, 0.15) is 12.1 Å². The normalized spacial score (nSPS) is 20.8. The number of rotatable bonds is 12. The van der Waals surface area contributed by atoms with Crippen LogP contribution in [0.1, 0.15) is 106 Å². The van der Waals surface area contributed by atoms with Gasteiger partial charge in [0, 0.05) is 12.5 Å². The molecule has 238 valence electrons. The summed E-state index contributed by atoms with van der Waals surface area (Å²) in [5.41, 5.74) is 4.54. The lowest BCUT2D eigenvalue weighted by molar-refractivity contribution is -0.143. The maximum absolute atomic E-state index is 13.8. The fourth-order valence-electron chi connectivity index (χ4n) is 5.35. The Morgan fingerprint density at radius 2 is 1.48 bits per heavy atom. The van der Waals surface area contributed by atoms with Crippen molar-refractivity contribution in [3.05, 3.63) is 0 Å². The fraction of sp³-hybridized carbons (Fsp3) is 0.806. The number of hydrogen-bond donors (Lipinski definition) is 4. The van der Waals surface area contributed by atoms with Crippen LogP contribution in [0.5, 0.6) is 0 Å². The van der Waals surface area contributed by atoms with Crippen LogP contribution in [0.4, 0.5) is 4.79 Å². The first-order chi connectivity index (χ1) is 19.6. The molecular weight excluding hydrogens is 538 g/mol. The number of amides is 5. The number of likely N-dealkylation sites (tertiary alicyclic amines) is 1. The van der Waals surface area contributed by atoms with Crippen LogP contribution >= 0.6 is 0 Å². The number of nitrogens with zero attached hydrogens (tertiary/aromatic N) is 1. The molecule has 2 aliphatic carbocycles. The molecule has 11 nitrogen and oxygen atoms in total. The summed E-state index contributed by atoms with van der Waals surface area (Å²) in [7, 11) is 0. The highest BCUT2D eigenvalue weighted by atomic mass is 16.2. The monoisotopic (exact) mass is 591 g/mol. The molecule has 1 saturated heterocycles. The summed E-state index contributed by atoms with van der Waals surface area (Å²) in [6, 6.07) is -4.07. The first kappa shape index (κ1) is 35.2. The molecule has 0 aromatic rings. The quantitative estimate of drug-likeness (QED) is 0.255. The zero-order chi connectivity index (χ0) is 31.8. The van der Waals surface area contributed by atoms with Crippen LogP contribution in [0.15, 0.2) is 0 Å². The molecule has 0 bridgehead atoms. The predicted octanol–water partition coefficient (Wildman–Crippen LogP) is 2.84. The van der Waals surface area contributed by atoms with Gasteiger partial charge >= 0.3 is 6.03 Å². The first-order valence-electron chi connectivity index (χ1n) is 15.7. The van der Waals surface area contributed by atoms with Crippen molar-refractivity contribution >= 4 is 35.3 Å². The molecule has 0 radical (unpaired) electrons. The van der Waals surface area contributed by atoms with E-state index in [1.165, 1.54) is 11.3 Å². The zero-order valence-electron chi connectivity index (χ0n) is 26.6. The third kappa shape index (κ3) is 9.80. The molecule has 11 heteroatoms. The third-order valence-electron chi connectivity index (χ3n) is 8.14. The van der Waals surface area contributed by atoms with Gasteiger partial charge in [-0.05, 0) is 49.4 Å². The van der Waals surface area contributed by atoms with Crippen LogP contribution in [0.2, 0.25) is 0 Å². The Hall–Kier alpha value is -2.98. The minimum Gasteiger partial charge on any atom is -0.363 e. The summed E-state index contributed by atoms with van der Waals surface area (Å²) in [5.74, 6) is -2.72. The van der Waals surface area contributed by atoms with Crippen LogP contribution < -0.4 is 21.7 Å². The van der Waals surface area contributed by atoms with Crippen molar-refractivity contribution in [2.24, 2.45) is 28.9 Å². The lowest BCUT2D eigenvalue weighted by atomic mass is 9.80. The number of carbonyl (C=O) groups is 6. The highest BCUT2D eigenvalue weighted by Crippen LogP contribution is 2.33. The predicted molar refractivity (Wildman–Crippen MR) is 160 cm³/mol. The molecule has 3 rings (SSSR count). The van der Waals surface area contributed by atoms with Crippen molar-refractivity contribution in [1.82, 2.24) is 20.9 Å². The van der Waals surface area contributed by atoms with Crippen molar-refractivity contribution in [3.63, 3.8) is 0 Å². The van der Waals surface area contributed by atoms with Gasteiger partial charge in [0.05, 0.1) is 12.1 Å². The van der Waals surface area contributed by atoms with Gasteiger partial charge in [-0.2, -0.15) is 0 Å². The van der Waals surface area contributed by atoms with Crippen LogP contribution in [0.25, 0.3) is 0 Å². The maximum Gasteiger partial charge on any atom is 0.316 e. The molecule has 2 saturated carbocycles. The second-order valence-corrected chi connectivity index (χ2v) is 13.5. The van der Waals surface area contributed by atoms with E-state index in [0.29, 0.717) is 25.8 Å². The van der Waals surface area contributed by atoms with Gasteiger partial charge in [-0.15, -0.1) is 0 Å². The van der Waals surface area contributed by atoms with Gasteiger partial charge < -0.3 is 26.6 Å². The van der Waals surface area contributed by atoms with Crippen LogP contribution in [-0.4, -0.2) is 70.9 Å². The van der Waals surface area contributed by atoms with Crippen LogP contribution in [0, 0.1) is 23.2 Å². The molecule has 5 N–H and O–H groups in total. The second kappa shape index (κ2) is 15.5. The van der Waals surface area contributed by atoms with E-state index < -0.39 is 59.1 Å². The average molecular weight is 592 g/mol. The minimum absolute atomic E-state index is 0.0111. The lowest BCUT2D eigenvalue weighted by Crippen LogP contribution is -2.61. The molecule has 3 aliphatic rings. The summed E-state index contributed by atoms with van der Waals surface area (Å²) >= 11 is 0. The van der Waals surface area contributed by atoms with E-state index in [-0.39, 0.29) is 23.5 Å². The molecule has 5 amide bonds.